The Hall–Kier alpha value is -3.23. The number of carbonyl (C=O) groups is 3. The first kappa shape index (κ1) is 25.9. The van der Waals surface area contributed by atoms with Crippen molar-refractivity contribution in [2.45, 2.75) is 19.3 Å². The fourth-order valence-electron chi connectivity index (χ4n) is 4.68. The minimum absolute atomic E-state index is 0.200. The quantitative estimate of drug-likeness (QED) is 0.280. The van der Waals surface area contributed by atoms with E-state index in [1.54, 1.807) is 47.0 Å². The number of aromatic nitrogens is 1. The van der Waals surface area contributed by atoms with E-state index in [9.17, 15) is 18.8 Å². The molecule has 2 heterocycles. The number of hydrogen-bond donors (Lipinski definition) is 1. The number of likely N-dealkylation sites (tertiary alicyclic amines) is 1. The van der Waals surface area contributed by atoms with Gasteiger partial charge in [-0.1, -0.05) is 23.7 Å². The number of nitrogens with zero attached hydrogens (tertiary/aromatic N) is 2. The average Bonchev–Trinajstić information content (AvgIpc) is 3.19. The van der Waals surface area contributed by atoms with Gasteiger partial charge in [0.1, 0.15) is 5.82 Å². The summed E-state index contributed by atoms with van der Waals surface area (Å²) in [4.78, 5) is 40.3. The highest BCUT2D eigenvalue weighted by atomic mass is 35.5. The molecule has 0 aliphatic carbocycles. The first-order valence-electron chi connectivity index (χ1n) is 11.9. The van der Waals surface area contributed by atoms with Gasteiger partial charge in [-0.3, -0.25) is 14.4 Å². The highest BCUT2D eigenvalue weighted by molar-refractivity contribution is 6.45. The lowest BCUT2D eigenvalue weighted by molar-refractivity contribution is -0.117. The van der Waals surface area contributed by atoms with E-state index in [1.165, 1.54) is 19.2 Å². The van der Waals surface area contributed by atoms with Gasteiger partial charge in [-0.2, -0.15) is 0 Å². The largest absolute Gasteiger partial charge is 0.383 e. The lowest BCUT2D eigenvalue weighted by atomic mass is 9.90. The van der Waals surface area contributed by atoms with Crippen LogP contribution in [0.3, 0.4) is 0 Å². The molecule has 0 unspecified atom stereocenters. The summed E-state index contributed by atoms with van der Waals surface area (Å²) in [5.74, 6) is -1.45. The molecule has 7 nitrogen and oxygen atoms in total. The normalized spacial score (nSPS) is 14.3. The Kier molecular flexibility index (Phi) is 8.06. The van der Waals surface area contributed by atoms with Gasteiger partial charge in [-0.05, 0) is 55.0 Å². The van der Waals surface area contributed by atoms with E-state index in [0.29, 0.717) is 47.1 Å². The first-order chi connectivity index (χ1) is 17.3. The highest BCUT2D eigenvalue weighted by Gasteiger charge is 2.27. The van der Waals surface area contributed by atoms with Crippen LogP contribution in [0, 0.1) is 11.7 Å². The molecule has 2 amide bonds. The molecule has 0 atom stereocenters. The number of rotatable bonds is 8. The van der Waals surface area contributed by atoms with Crippen molar-refractivity contribution < 1.29 is 23.5 Å². The van der Waals surface area contributed by atoms with E-state index in [1.807, 2.05) is 0 Å². The molecule has 0 bridgehead atoms. The molecular weight excluding hydrogens is 485 g/mol. The van der Waals surface area contributed by atoms with E-state index in [2.05, 4.69) is 5.32 Å². The van der Waals surface area contributed by atoms with Gasteiger partial charge in [0.05, 0.1) is 28.3 Å². The van der Waals surface area contributed by atoms with E-state index in [4.69, 9.17) is 16.3 Å². The molecule has 1 N–H and O–H groups in total. The van der Waals surface area contributed by atoms with Gasteiger partial charge >= 0.3 is 0 Å². The Labute approximate surface area is 214 Å². The van der Waals surface area contributed by atoms with Crippen LogP contribution in [0.2, 0.25) is 5.02 Å². The Morgan fingerprint density at radius 1 is 1.11 bits per heavy atom. The van der Waals surface area contributed by atoms with E-state index >= 15 is 0 Å². The van der Waals surface area contributed by atoms with Crippen molar-refractivity contribution in [3.63, 3.8) is 0 Å². The van der Waals surface area contributed by atoms with Crippen molar-refractivity contribution in [2.24, 2.45) is 13.0 Å². The number of hydrogen-bond acceptors (Lipinski definition) is 4. The fourth-order valence-corrected chi connectivity index (χ4v) is 4.92. The molecule has 3 aromatic rings. The maximum Gasteiger partial charge on any atom is 0.292 e. The molecule has 2 aromatic carbocycles. The number of carbonyl (C=O) groups excluding carboxylic acids is 3. The van der Waals surface area contributed by atoms with E-state index in [-0.39, 0.29) is 23.8 Å². The number of benzene rings is 2. The second-order valence-electron chi connectivity index (χ2n) is 9.15. The number of methoxy groups -OCH3 is 1. The number of ether oxygens (including phenoxy) is 1. The van der Waals surface area contributed by atoms with E-state index < -0.39 is 11.7 Å². The van der Waals surface area contributed by atoms with Gasteiger partial charge in [0.25, 0.3) is 17.6 Å². The predicted molar refractivity (Wildman–Crippen MR) is 136 cm³/mol. The van der Waals surface area contributed by atoms with Gasteiger partial charge in [-0.15, -0.1) is 0 Å². The SMILES string of the molecule is COCCNC(=O)C(=O)c1cn(C)c2cc(Cl)c(C(=O)N3CCC(Cc4ccc(F)cc4)CC3)cc12. The monoisotopic (exact) mass is 513 g/mol. The highest BCUT2D eigenvalue weighted by Crippen LogP contribution is 2.30. The summed E-state index contributed by atoms with van der Waals surface area (Å²) in [6.45, 7) is 1.69. The molecule has 9 heteroatoms. The van der Waals surface area contributed by atoms with Crippen LogP contribution >= 0.6 is 11.6 Å². The molecule has 0 spiro atoms. The van der Waals surface area contributed by atoms with Gasteiger partial charge in [0.2, 0.25) is 0 Å². The first-order valence-corrected chi connectivity index (χ1v) is 12.3. The fraction of sp³-hybridized carbons (Fsp3) is 0.370. The number of piperidine rings is 1. The zero-order valence-electron chi connectivity index (χ0n) is 20.4. The molecule has 1 saturated heterocycles. The zero-order valence-corrected chi connectivity index (χ0v) is 21.1. The molecular formula is C27H29ClFN3O4. The standard InChI is InChI=1S/C27H29ClFN3O4/c1-31-16-22(25(33)26(34)30-9-12-36-2)20-14-21(23(28)15-24(20)31)27(35)32-10-7-18(8-11-32)13-17-3-5-19(29)6-4-17/h3-6,14-16,18H,7-13H2,1-2H3,(H,30,34). The van der Waals surface area contributed by atoms with Crippen molar-refractivity contribution in [1.82, 2.24) is 14.8 Å². The molecule has 1 fully saturated rings. The number of fused-ring (bicyclic) bond motifs is 1. The second kappa shape index (κ2) is 11.2. The minimum atomic E-state index is -0.731. The van der Waals surface area contributed by atoms with Crippen molar-refractivity contribution in [3.8, 4) is 0 Å². The Morgan fingerprint density at radius 2 is 1.81 bits per heavy atom. The predicted octanol–water partition coefficient (Wildman–Crippen LogP) is 4.01. The van der Waals surface area contributed by atoms with Crippen LogP contribution in [-0.4, -0.2) is 60.4 Å². The van der Waals surface area contributed by atoms with Gasteiger partial charge in [-0.25, -0.2) is 4.39 Å². The smallest absolute Gasteiger partial charge is 0.292 e. The third-order valence-corrected chi connectivity index (χ3v) is 7.00. The molecule has 1 aliphatic rings. The van der Waals surface area contributed by atoms with Crippen LogP contribution in [0.5, 0.6) is 0 Å². The Morgan fingerprint density at radius 3 is 2.47 bits per heavy atom. The second-order valence-corrected chi connectivity index (χ2v) is 9.55. The number of aryl methyl sites for hydroxylation is 1. The number of halogens is 2. The number of nitrogens with one attached hydrogen (secondary N) is 1. The third-order valence-electron chi connectivity index (χ3n) is 6.69. The summed E-state index contributed by atoms with van der Waals surface area (Å²) in [5.41, 5.74) is 2.26. The molecule has 0 saturated carbocycles. The lowest BCUT2D eigenvalue weighted by Crippen LogP contribution is -2.39. The summed E-state index contributed by atoms with van der Waals surface area (Å²) < 4.78 is 19.8. The van der Waals surface area contributed by atoms with Crippen molar-refractivity contribution >= 4 is 40.1 Å². The third kappa shape index (κ3) is 5.60. The van der Waals surface area contributed by atoms with Gasteiger partial charge in [0.15, 0.2) is 0 Å². The average molecular weight is 514 g/mol. The Bertz CT molecular complexity index is 1280. The summed E-state index contributed by atoms with van der Waals surface area (Å²) in [6.07, 6.45) is 4.09. The van der Waals surface area contributed by atoms with Crippen molar-refractivity contribution in [3.05, 3.63) is 70.1 Å². The molecule has 1 aromatic heterocycles. The molecule has 36 heavy (non-hydrogen) atoms. The van der Waals surface area contributed by atoms with Gasteiger partial charge < -0.3 is 19.5 Å². The van der Waals surface area contributed by atoms with Crippen LogP contribution in [0.25, 0.3) is 10.9 Å². The molecule has 0 radical (unpaired) electrons. The number of Topliss-reactive ketones (excluding diaryl/α,β-unsaturated/α-hetero) is 1. The summed E-state index contributed by atoms with van der Waals surface area (Å²) in [6, 6.07) is 9.82. The molecule has 1 aliphatic heterocycles. The van der Waals surface area contributed by atoms with E-state index in [0.717, 1.165) is 24.8 Å². The lowest BCUT2D eigenvalue weighted by Gasteiger charge is -2.32. The minimum Gasteiger partial charge on any atom is -0.383 e. The summed E-state index contributed by atoms with van der Waals surface area (Å²) in [7, 11) is 3.26. The van der Waals surface area contributed by atoms with Crippen molar-refractivity contribution in [2.75, 3.05) is 33.4 Å². The van der Waals surface area contributed by atoms with Crippen LogP contribution in [-0.2, 0) is 23.0 Å². The number of ketones is 1. The zero-order chi connectivity index (χ0) is 25.8. The van der Waals surface area contributed by atoms with Crippen LogP contribution in [0.15, 0.2) is 42.6 Å². The molecule has 190 valence electrons. The maximum absolute atomic E-state index is 13.4. The molecule has 4 rings (SSSR count). The number of amides is 2. The summed E-state index contributed by atoms with van der Waals surface area (Å²) >= 11 is 6.50. The van der Waals surface area contributed by atoms with Crippen molar-refractivity contribution in [1.29, 1.82) is 0 Å². The van der Waals surface area contributed by atoms with Gasteiger partial charge in [0, 0.05) is 45.4 Å². The topological polar surface area (TPSA) is 80.6 Å². The maximum atomic E-state index is 13.4. The van der Waals surface area contributed by atoms with Crippen LogP contribution < -0.4 is 5.32 Å². The Balaban J connectivity index is 1.49. The summed E-state index contributed by atoms with van der Waals surface area (Å²) in [5, 5.41) is 3.34. The van der Waals surface area contributed by atoms with Crippen LogP contribution in [0.4, 0.5) is 4.39 Å². The van der Waals surface area contributed by atoms with Crippen LogP contribution in [0.1, 0.15) is 39.1 Å².